The second kappa shape index (κ2) is 6.67. The van der Waals surface area contributed by atoms with Gasteiger partial charge in [0.05, 0.1) is 0 Å². The van der Waals surface area contributed by atoms with E-state index in [2.05, 4.69) is 47.6 Å². The lowest BCUT2D eigenvalue weighted by Gasteiger charge is -2.18. The molecule has 0 aliphatic rings. The van der Waals surface area contributed by atoms with E-state index in [1.54, 1.807) is 6.08 Å². The third kappa shape index (κ3) is 8.46. The van der Waals surface area contributed by atoms with E-state index in [1.165, 1.54) is 5.57 Å². The third-order valence-corrected chi connectivity index (χ3v) is 2.37. The van der Waals surface area contributed by atoms with Crippen molar-refractivity contribution in [2.24, 2.45) is 11.3 Å². The quantitative estimate of drug-likeness (QED) is 0.476. The van der Waals surface area contributed by atoms with Crippen molar-refractivity contribution in [3.63, 3.8) is 0 Å². The van der Waals surface area contributed by atoms with E-state index in [0.29, 0.717) is 12.3 Å². The topological polar surface area (TPSA) is 17.1 Å². The Hall–Kier alpha value is -0.850. The lowest BCUT2D eigenvalue weighted by atomic mass is 9.87. The summed E-state index contributed by atoms with van der Waals surface area (Å²) in [6.07, 6.45) is 7.64. The number of rotatable bonds is 6. The van der Waals surface area contributed by atoms with E-state index in [9.17, 15) is 4.79 Å². The van der Waals surface area contributed by atoms with Crippen LogP contribution in [0.3, 0.4) is 0 Å². The number of hydrogen-bond donors (Lipinski definition) is 0. The van der Waals surface area contributed by atoms with Gasteiger partial charge in [-0.15, -0.1) is 0 Å². The largest absolute Gasteiger partial charge is 0.295 e. The van der Waals surface area contributed by atoms with E-state index in [-0.39, 0.29) is 11.2 Å². The maximum atomic E-state index is 11.5. The Kier molecular flexibility index (Phi) is 6.32. The van der Waals surface area contributed by atoms with Gasteiger partial charge in [0, 0.05) is 6.42 Å². The number of allylic oxidation sites excluding steroid dienone is 4. The highest BCUT2D eigenvalue weighted by atomic mass is 16.1. The van der Waals surface area contributed by atoms with Crippen LogP contribution in [0.4, 0.5) is 0 Å². The van der Waals surface area contributed by atoms with Crippen LogP contribution in [0.15, 0.2) is 23.8 Å². The number of carbonyl (C=O) groups is 1. The molecular formula is C15H26O. The minimum atomic E-state index is 0.0733. The van der Waals surface area contributed by atoms with Gasteiger partial charge in [0.15, 0.2) is 5.78 Å². The van der Waals surface area contributed by atoms with Gasteiger partial charge in [-0.25, -0.2) is 0 Å². The lowest BCUT2D eigenvalue weighted by molar-refractivity contribution is -0.115. The Morgan fingerprint density at radius 2 is 1.81 bits per heavy atom. The van der Waals surface area contributed by atoms with Crippen molar-refractivity contribution in [1.82, 2.24) is 0 Å². The van der Waals surface area contributed by atoms with Gasteiger partial charge in [-0.2, -0.15) is 0 Å². The summed E-state index contributed by atoms with van der Waals surface area (Å²) in [6.45, 7) is 12.7. The van der Waals surface area contributed by atoms with Crippen molar-refractivity contribution in [2.75, 3.05) is 0 Å². The first kappa shape index (κ1) is 15.2. The van der Waals surface area contributed by atoms with Crippen LogP contribution in [0.25, 0.3) is 0 Å². The Bertz CT molecular complexity index is 276. The predicted molar refractivity (Wildman–Crippen MR) is 71.4 cm³/mol. The molecule has 0 saturated heterocycles. The van der Waals surface area contributed by atoms with Crippen LogP contribution in [-0.2, 0) is 4.79 Å². The molecule has 0 unspecified atom stereocenters. The molecule has 0 aromatic heterocycles. The molecule has 92 valence electrons. The van der Waals surface area contributed by atoms with Crippen LogP contribution in [-0.4, -0.2) is 5.78 Å². The van der Waals surface area contributed by atoms with Gasteiger partial charge < -0.3 is 0 Å². The summed E-state index contributed by atoms with van der Waals surface area (Å²) in [7, 11) is 0. The Morgan fingerprint density at radius 1 is 1.25 bits per heavy atom. The van der Waals surface area contributed by atoms with E-state index < -0.39 is 0 Å². The average molecular weight is 222 g/mol. The Labute approximate surface area is 101 Å². The van der Waals surface area contributed by atoms with Crippen LogP contribution >= 0.6 is 0 Å². The summed E-state index contributed by atoms with van der Waals surface area (Å²) >= 11 is 0. The zero-order valence-corrected chi connectivity index (χ0v) is 11.6. The SMILES string of the molecule is CC(C)=CCC(C)(C)/C=C\C(=O)CC(C)C. The highest BCUT2D eigenvalue weighted by Crippen LogP contribution is 2.23. The Morgan fingerprint density at radius 3 is 2.25 bits per heavy atom. The molecule has 0 atom stereocenters. The molecule has 0 aromatic carbocycles. The standard InChI is InChI=1S/C15H26O/c1-12(2)7-9-15(5,6)10-8-14(16)11-13(3)4/h7-8,10,13H,9,11H2,1-6H3/b10-8-. The molecule has 0 N–H and O–H groups in total. The van der Waals surface area contributed by atoms with Gasteiger partial charge in [0.25, 0.3) is 0 Å². The molecule has 0 heterocycles. The molecule has 1 nitrogen and oxygen atoms in total. The summed E-state index contributed by atoms with van der Waals surface area (Å²) in [4.78, 5) is 11.5. The average Bonchev–Trinajstić information content (AvgIpc) is 2.11. The predicted octanol–water partition coefficient (Wildman–Crippen LogP) is 4.54. The number of ketones is 1. The molecule has 16 heavy (non-hydrogen) atoms. The monoisotopic (exact) mass is 222 g/mol. The molecule has 0 fully saturated rings. The second-order valence-corrected chi connectivity index (χ2v) is 5.87. The minimum absolute atomic E-state index is 0.0733. The first-order valence-corrected chi connectivity index (χ1v) is 6.08. The van der Waals surface area contributed by atoms with Gasteiger partial charge in [-0.3, -0.25) is 4.79 Å². The van der Waals surface area contributed by atoms with E-state index in [1.807, 2.05) is 6.08 Å². The first-order valence-electron chi connectivity index (χ1n) is 6.08. The van der Waals surface area contributed by atoms with Gasteiger partial charge in [0.2, 0.25) is 0 Å². The van der Waals surface area contributed by atoms with Crippen molar-refractivity contribution in [3.05, 3.63) is 23.8 Å². The fourth-order valence-corrected chi connectivity index (χ4v) is 1.32. The second-order valence-electron chi connectivity index (χ2n) is 5.87. The van der Waals surface area contributed by atoms with Crippen LogP contribution in [0.5, 0.6) is 0 Å². The lowest BCUT2D eigenvalue weighted by Crippen LogP contribution is -2.07. The fraction of sp³-hybridized carbons (Fsp3) is 0.667. The molecule has 0 saturated carbocycles. The maximum absolute atomic E-state index is 11.5. The van der Waals surface area contributed by atoms with Crippen molar-refractivity contribution in [3.8, 4) is 0 Å². The van der Waals surface area contributed by atoms with Crippen molar-refractivity contribution in [1.29, 1.82) is 0 Å². The molecule has 0 radical (unpaired) electrons. The highest BCUT2D eigenvalue weighted by Gasteiger charge is 2.12. The molecule has 0 rings (SSSR count). The highest BCUT2D eigenvalue weighted by molar-refractivity contribution is 5.89. The van der Waals surface area contributed by atoms with Crippen LogP contribution in [0.1, 0.15) is 54.4 Å². The summed E-state index contributed by atoms with van der Waals surface area (Å²) in [5, 5.41) is 0. The molecule has 0 aliphatic carbocycles. The van der Waals surface area contributed by atoms with Crippen molar-refractivity contribution in [2.45, 2.75) is 54.4 Å². The summed E-state index contributed by atoms with van der Waals surface area (Å²) < 4.78 is 0. The van der Waals surface area contributed by atoms with E-state index >= 15 is 0 Å². The molecular weight excluding hydrogens is 196 g/mol. The van der Waals surface area contributed by atoms with Gasteiger partial charge in [-0.05, 0) is 37.7 Å². The van der Waals surface area contributed by atoms with Crippen LogP contribution < -0.4 is 0 Å². The third-order valence-electron chi connectivity index (χ3n) is 2.37. The van der Waals surface area contributed by atoms with Crippen LogP contribution in [0.2, 0.25) is 0 Å². The normalized spacial score (nSPS) is 12.2. The summed E-state index contributed by atoms with van der Waals surface area (Å²) in [5.41, 5.74) is 1.40. The maximum Gasteiger partial charge on any atom is 0.155 e. The fourth-order valence-electron chi connectivity index (χ4n) is 1.32. The number of hydrogen-bond acceptors (Lipinski definition) is 1. The molecule has 0 amide bonds. The van der Waals surface area contributed by atoms with Gasteiger partial charge >= 0.3 is 0 Å². The van der Waals surface area contributed by atoms with Gasteiger partial charge in [-0.1, -0.05) is 45.4 Å². The molecule has 0 aliphatic heterocycles. The van der Waals surface area contributed by atoms with E-state index in [0.717, 1.165) is 6.42 Å². The van der Waals surface area contributed by atoms with Gasteiger partial charge in [0.1, 0.15) is 0 Å². The minimum Gasteiger partial charge on any atom is -0.295 e. The van der Waals surface area contributed by atoms with E-state index in [4.69, 9.17) is 0 Å². The molecule has 0 bridgehead atoms. The van der Waals surface area contributed by atoms with Crippen molar-refractivity contribution < 1.29 is 4.79 Å². The smallest absolute Gasteiger partial charge is 0.155 e. The molecule has 1 heteroatoms. The zero-order valence-electron chi connectivity index (χ0n) is 11.6. The number of carbonyl (C=O) groups excluding carboxylic acids is 1. The summed E-state index contributed by atoms with van der Waals surface area (Å²) in [5.74, 6) is 0.679. The first-order chi connectivity index (χ1) is 7.23. The Balaban J connectivity index is 4.29. The molecule has 0 aromatic rings. The van der Waals surface area contributed by atoms with Crippen LogP contribution in [0, 0.1) is 11.3 Å². The van der Waals surface area contributed by atoms with Crippen molar-refractivity contribution >= 4 is 5.78 Å². The summed E-state index contributed by atoms with van der Waals surface area (Å²) in [6, 6.07) is 0. The molecule has 0 spiro atoms. The zero-order chi connectivity index (χ0) is 12.8.